The van der Waals surface area contributed by atoms with E-state index in [1.807, 2.05) is 42.5 Å². The molecule has 1 fully saturated rings. The molecule has 0 saturated carbocycles. The van der Waals surface area contributed by atoms with Crippen molar-refractivity contribution < 1.29 is 9.26 Å². The Balaban J connectivity index is 1.38. The average Bonchev–Trinajstić information content (AvgIpc) is 3.47. The molecule has 0 bridgehead atoms. The summed E-state index contributed by atoms with van der Waals surface area (Å²) in [4.78, 5) is 6.69. The zero-order chi connectivity index (χ0) is 21.0. The van der Waals surface area contributed by atoms with Crippen molar-refractivity contribution in [1.82, 2.24) is 24.9 Å². The van der Waals surface area contributed by atoms with E-state index in [1.165, 1.54) is 11.8 Å². The number of ether oxygens (including phenoxy) is 1. The lowest BCUT2D eigenvalue weighted by Crippen LogP contribution is -2.37. The molecule has 1 aliphatic heterocycles. The van der Waals surface area contributed by atoms with Gasteiger partial charge in [-0.15, -0.1) is 10.2 Å². The fraction of sp³-hybridized carbons (Fsp3) is 0.238. The minimum atomic E-state index is 0.481. The summed E-state index contributed by atoms with van der Waals surface area (Å²) < 4.78 is 13.0. The predicted molar refractivity (Wildman–Crippen MR) is 119 cm³/mol. The predicted octanol–water partition coefficient (Wildman–Crippen LogP) is 4.10. The summed E-state index contributed by atoms with van der Waals surface area (Å²) >= 11 is 7.46. The second-order valence-electron chi connectivity index (χ2n) is 6.86. The Bertz CT molecular complexity index is 1140. The van der Waals surface area contributed by atoms with Crippen LogP contribution in [0.1, 0.15) is 5.89 Å². The number of para-hydroxylation sites is 1. The Hall–Kier alpha value is -2.88. The molecule has 1 saturated heterocycles. The molecule has 2 aromatic heterocycles. The second-order valence-corrected chi connectivity index (χ2v) is 8.24. The summed E-state index contributed by atoms with van der Waals surface area (Å²) in [6.45, 7) is 2.92. The van der Waals surface area contributed by atoms with Crippen molar-refractivity contribution in [1.29, 1.82) is 0 Å². The maximum absolute atomic E-state index is 5.95. The largest absolute Gasteiger partial charge is 0.378 e. The third kappa shape index (κ3) is 4.43. The van der Waals surface area contributed by atoms with Crippen LogP contribution in [0.15, 0.2) is 64.3 Å². The Morgan fingerprint density at radius 2 is 1.74 bits per heavy atom. The highest BCUT2D eigenvalue weighted by molar-refractivity contribution is 7.98. The number of benzene rings is 2. The smallest absolute Gasteiger partial charge is 0.237 e. The molecule has 2 aromatic carbocycles. The molecule has 0 atom stereocenters. The molecule has 5 rings (SSSR count). The molecule has 0 N–H and O–H groups in total. The molecule has 0 radical (unpaired) electrons. The van der Waals surface area contributed by atoms with Gasteiger partial charge in [0.05, 0.1) is 24.7 Å². The fourth-order valence-electron chi connectivity index (χ4n) is 3.28. The number of hydrogen-bond acceptors (Lipinski definition) is 8. The molecular weight excluding hydrogens is 436 g/mol. The van der Waals surface area contributed by atoms with Crippen molar-refractivity contribution in [3.63, 3.8) is 0 Å². The first kappa shape index (κ1) is 20.0. The second kappa shape index (κ2) is 9.09. The van der Waals surface area contributed by atoms with Crippen molar-refractivity contribution in [2.75, 3.05) is 31.2 Å². The summed E-state index contributed by atoms with van der Waals surface area (Å²) in [7, 11) is 0. The van der Waals surface area contributed by atoms with Gasteiger partial charge >= 0.3 is 0 Å². The quantitative estimate of drug-likeness (QED) is 0.403. The van der Waals surface area contributed by atoms with Gasteiger partial charge in [0, 0.05) is 23.7 Å². The zero-order valence-corrected chi connectivity index (χ0v) is 18.1. The molecule has 0 unspecified atom stereocenters. The maximum atomic E-state index is 5.95. The van der Waals surface area contributed by atoms with Crippen molar-refractivity contribution in [2.24, 2.45) is 0 Å². The first-order valence-corrected chi connectivity index (χ1v) is 11.2. The van der Waals surface area contributed by atoms with Crippen LogP contribution in [0.4, 0.5) is 5.95 Å². The number of halogens is 1. The van der Waals surface area contributed by atoms with Gasteiger partial charge in [0.15, 0.2) is 5.16 Å². The van der Waals surface area contributed by atoms with Crippen LogP contribution in [0.25, 0.3) is 17.1 Å². The lowest BCUT2D eigenvalue weighted by Gasteiger charge is -2.27. The standard InChI is InChI=1S/C21H19ClN6O2S/c22-16-8-6-15(7-9-16)19-23-18(30-26-19)14-31-21-25-24-20(27-10-12-29-13-11-27)28(21)17-4-2-1-3-5-17/h1-9H,10-14H2. The lowest BCUT2D eigenvalue weighted by atomic mass is 10.2. The van der Waals surface area contributed by atoms with E-state index < -0.39 is 0 Å². The third-order valence-electron chi connectivity index (χ3n) is 4.82. The summed E-state index contributed by atoms with van der Waals surface area (Å²) in [5.74, 6) is 2.34. The molecule has 10 heteroatoms. The zero-order valence-electron chi connectivity index (χ0n) is 16.5. The first-order chi connectivity index (χ1) is 15.3. The molecule has 31 heavy (non-hydrogen) atoms. The minimum absolute atomic E-state index is 0.481. The highest BCUT2D eigenvalue weighted by Gasteiger charge is 2.22. The fourth-order valence-corrected chi connectivity index (χ4v) is 4.19. The molecule has 158 valence electrons. The number of rotatable bonds is 6. The van der Waals surface area contributed by atoms with E-state index in [9.17, 15) is 0 Å². The highest BCUT2D eigenvalue weighted by atomic mass is 35.5. The van der Waals surface area contributed by atoms with Gasteiger partial charge in [-0.2, -0.15) is 4.98 Å². The van der Waals surface area contributed by atoms with Crippen LogP contribution < -0.4 is 4.90 Å². The summed E-state index contributed by atoms with van der Waals surface area (Å²) in [5, 5.41) is 14.4. The van der Waals surface area contributed by atoms with Gasteiger partial charge in [-0.1, -0.05) is 46.7 Å². The van der Waals surface area contributed by atoms with E-state index in [-0.39, 0.29) is 0 Å². The van der Waals surface area contributed by atoms with Crippen LogP contribution in [0.2, 0.25) is 5.02 Å². The number of aromatic nitrogens is 5. The normalized spacial score (nSPS) is 14.2. The van der Waals surface area contributed by atoms with Crippen LogP contribution in [0.5, 0.6) is 0 Å². The average molecular weight is 455 g/mol. The number of hydrogen-bond donors (Lipinski definition) is 0. The Kier molecular flexibility index (Phi) is 5.88. The molecular formula is C21H19ClN6O2S. The van der Waals surface area contributed by atoms with Gasteiger partial charge in [0.2, 0.25) is 17.7 Å². The Morgan fingerprint density at radius 3 is 2.52 bits per heavy atom. The van der Waals surface area contributed by atoms with Crippen LogP contribution >= 0.6 is 23.4 Å². The van der Waals surface area contributed by atoms with E-state index in [1.54, 1.807) is 12.1 Å². The first-order valence-electron chi connectivity index (χ1n) is 9.83. The van der Waals surface area contributed by atoms with Gasteiger partial charge in [0.25, 0.3) is 0 Å². The third-order valence-corrected chi connectivity index (χ3v) is 5.99. The van der Waals surface area contributed by atoms with Crippen molar-refractivity contribution in [3.05, 3.63) is 65.5 Å². The number of thioether (sulfide) groups is 1. The van der Waals surface area contributed by atoms with Crippen LogP contribution in [0, 0.1) is 0 Å². The summed E-state index contributed by atoms with van der Waals surface area (Å²) in [5.41, 5.74) is 1.86. The van der Waals surface area contributed by atoms with Gasteiger partial charge in [-0.25, -0.2) is 0 Å². The molecule has 3 heterocycles. The Labute approximate surface area is 188 Å². The molecule has 0 aliphatic carbocycles. The van der Waals surface area contributed by atoms with E-state index in [2.05, 4.69) is 29.8 Å². The highest BCUT2D eigenvalue weighted by Crippen LogP contribution is 2.29. The maximum Gasteiger partial charge on any atom is 0.237 e. The SMILES string of the molecule is Clc1ccc(-c2noc(CSc3nnc(N4CCOCC4)n3-c3ccccc3)n2)cc1. The van der Waals surface area contributed by atoms with Gasteiger partial charge in [-0.3, -0.25) is 4.57 Å². The van der Waals surface area contributed by atoms with E-state index in [0.717, 1.165) is 35.4 Å². The summed E-state index contributed by atoms with van der Waals surface area (Å²) in [6.07, 6.45) is 0. The van der Waals surface area contributed by atoms with Crippen LogP contribution in [-0.2, 0) is 10.5 Å². The van der Waals surface area contributed by atoms with Crippen molar-refractivity contribution in [2.45, 2.75) is 10.9 Å². The molecule has 1 aliphatic rings. The topological polar surface area (TPSA) is 82.1 Å². The van der Waals surface area contributed by atoms with Crippen LogP contribution in [-0.4, -0.2) is 51.2 Å². The Morgan fingerprint density at radius 1 is 0.968 bits per heavy atom. The van der Waals surface area contributed by atoms with E-state index in [4.69, 9.17) is 20.9 Å². The van der Waals surface area contributed by atoms with Gasteiger partial charge in [-0.05, 0) is 36.4 Å². The summed E-state index contributed by atoms with van der Waals surface area (Å²) in [6, 6.07) is 17.4. The van der Waals surface area contributed by atoms with E-state index >= 15 is 0 Å². The van der Waals surface area contributed by atoms with Crippen LogP contribution in [0.3, 0.4) is 0 Å². The van der Waals surface area contributed by atoms with E-state index in [0.29, 0.717) is 35.7 Å². The van der Waals surface area contributed by atoms with Gasteiger partial charge in [0.1, 0.15) is 0 Å². The molecule has 4 aromatic rings. The lowest BCUT2D eigenvalue weighted by molar-refractivity contribution is 0.122. The number of anilines is 1. The van der Waals surface area contributed by atoms with Crippen molar-refractivity contribution >= 4 is 29.3 Å². The molecule has 0 amide bonds. The number of morpholine rings is 1. The molecule has 0 spiro atoms. The number of nitrogens with zero attached hydrogens (tertiary/aromatic N) is 6. The van der Waals surface area contributed by atoms with Crippen molar-refractivity contribution in [3.8, 4) is 17.1 Å². The minimum Gasteiger partial charge on any atom is -0.378 e. The molecule has 8 nitrogen and oxygen atoms in total. The monoisotopic (exact) mass is 454 g/mol. The van der Waals surface area contributed by atoms with Gasteiger partial charge < -0.3 is 14.2 Å².